The number of carbonyl (C=O) groups is 1. The van der Waals surface area contributed by atoms with E-state index in [0.717, 1.165) is 10.6 Å². The van der Waals surface area contributed by atoms with Crippen LogP contribution in [0.5, 0.6) is 5.75 Å². The van der Waals surface area contributed by atoms with Crippen molar-refractivity contribution < 1.29 is 15.0 Å². The van der Waals surface area contributed by atoms with Crippen LogP contribution >= 0.6 is 23.5 Å². The number of phenols is 1. The molecule has 124 valence electrons. The number of hydrogen-bond donors (Lipinski definition) is 2. The molecule has 1 saturated heterocycles. The van der Waals surface area contributed by atoms with Crippen LogP contribution in [-0.2, 0) is 4.79 Å². The number of benzene rings is 1. The summed E-state index contributed by atoms with van der Waals surface area (Å²) in [6.45, 7) is 3.87. The number of carboxylic acid groups (broad SMARTS) is 1. The van der Waals surface area contributed by atoms with Gasteiger partial charge < -0.3 is 10.2 Å². The van der Waals surface area contributed by atoms with Crippen molar-refractivity contribution >= 4 is 34.5 Å². The summed E-state index contributed by atoms with van der Waals surface area (Å²) in [5.74, 6) is -0.00800. The summed E-state index contributed by atoms with van der Waals surface area (Å²) in [4.78, 5) is 18.3. The molecule has 0 saturated carbocycles. The van der Waals surface area contributed by atoms with E-state index in [9.17, 15) is 15.0 Å². The molecule has 0 spiro atoms. The zero-order valence-corrected chi connectivity index (χ0v) is 14.9. The predicted octanol–water partition coefficient (Wildman–Crippen LogP) is 2.49. The van der Waals surface area contributed by atoms with Gasteiger partial charge in [0.05, 0.1) is 11.4 Å². The highest BCUT2D eigenvalue weighted by molar-refractivity contribution is 8.15. The van der Waals surface area contributed by atoms with Crippen LogP contribution in [-0.4, -0.2) is 61.1 Å². The van der Waals surface area contributed by atoms with Gasteiger partial charge >= 0.3 is 5.97 Å². The third kappa shape index (κ3) is 2.75. The normalized spacial score (nSPS) is 34.6. The Kier molecular flexibility index (Phi) is 4.37. The molecular weight excluding hydrogens is 332 g/mol. The number of nitrogens with zero attached hydrogens (tertiary/aromatic N) is 2. The topological polar surface area (TPSA) is 73.1 Å². The van der Waals surface area contributed by atoms with Gasteiger partial charge in [0.15, 0.2) is 0 Å². The molecule has 0 amide bonds. The number of likely N-dealkylation sites (N-methyl/N-ethyl adjacent to an activating group) is 1. The molecule has 2 N–H and O–H groups in total. The number of para-hydroxylation sites is 1. The number of aromatic hydroxyl groups is 1. The number of hydrogen-bond acceptors (Lipinski definition) is 6. The first-order chi connectivity index (χ1) is 10.8. The molecule has 0 radical (unpaired) electrons. The molecular formula is C16H20N2O3S2. The number of aliphatic carboxylic acids is 1. The molecule has 3 rings (SSSR count). The maximum atomic E-state index is 11.6. The van der Waals surface area contributed by atoms with Gasteiger partial charge in [-0.2, -0.15) is 0 Å². The minimum Gasteiger partial charge on any atom is -0.507 e. The van der Waals surface area contributed by atoms with E-state index < -0.39 is 11.5 Å². The van der Waals surface area contributed by atoms with Gasteiger partial charge in [-0.1, -0.05) is 19.1 Å². The SMILES string of the molecule is C[C@@H]1SC(c2ccccc2O)=N[C@@H]1[C@H]1SC[C@@](C)(C(=O)O)N1C. The van der Waals surface area contributed by atoms with Gasteiger partial charge in [-0.05, 0) is 26.1 Å². The van der Waals surface area contributed by atoms with Gasteiger partial charge in [-0.25, -0.2) is 0 Å². The average Bonchev–Trinajstić information content (AvgIpc) is 3.02. The van der Waals surface area contributed by atoms with Crippen molar-refractivity contribution in [2.75, 3.05) is 12.8 Å². The highest BCUT2D eigenvalue weighted by atomic mass is 32.2. The molecule has 0 aliphatic carbocycles. The molecule has 4 atom stereocenters. The first kappa shape index (κ1) is 16.7. The molecule has 0 unspecified atom stereocenters. The average molecular weight is 352 g/mol. The molecule has 2 aliphatic heterocycles. The Balaban J connectivity index is 1.87. The minimum atomic E-state index is -0.854. The van der Waals surface area contributed by atoms with Crippen molar-refractivity contribution in [3.8, 4) is 5.75 Å². The van der Waals surface area contributed by atoms with Gasteiger partial charge in [-0.3, -0.25) is 14.7 Å². The smallest absolute Gasteiger partial charge is 0.324 e. The van der Waals surface area contributed by atoms with Gasteiger partial charge in [0.25, 0.3) is 0 Å². The zero-order chi connectivity index (χ0) is 16.8. The summed E-state index contributed by atoms with van der Waals surface area (Å²) < 4.78 is 0. The van der Waals surface area contributed by atoms with Crippen molar-refractivity contribution in [3.63, 3.8) is 0 Å². The van der Waals surface area contributed by atoms with Crippen LogP contribution in [0, 0.1) is 0 Å². The lowest BCUT2D eigenvalue weighted by atomic mass is 10.0. The van der Waals surface area contributed by atoms with Gasteiger partial charge in [0.1, 0.15) is 16.3 Å². The monoisotopic (exact) mass is 352 g/mol. The fraction of sp³-hybridized carbons (Fsp3) is 0.500. The second-order valence-corrected chi connectivity index (χ2v) is 8.63. The number of thioether (sulfide) groups is 2. The Morgan fingerprint density at radius 3 is 2.74 bits per heavy atom. The Morgan fingerprint density at radius 2 is 2.13 bits per heavy atom. The molecule has 1 aromatic carbocycles. The third-order valence-corrected chi connectivity index (χ3v) is 7.49. The first-order valence-corrected chi connectivity index (χ1v) is 9.38. The van der Waals surface area contributed by atoms with Crippen molar-refractivity contribution in [2.24, 2.45) is 4.99 Å². The quantitative estimate of drug-likeness (QED) is 0.871. The molecule has 1 aromatic rings. The van der Waals surface area contributed by atoms with Crippen LogP contribution in [0.4, 0.5) is 0 Å². The van der Waals surface area contributed by atoms with E-state index >= 15 is 0 Å². The Hall–Kier alpha value is -1.18. The lowest BCUT2D eigenvalue weighted by molar-refractivity contribution is -0.147. The zero-order valence-electron chi connectivity index (χ0n) is 13.3. The van der Waals surface area contributed by atoms with Gasteiger partial charge in [0, 0.05) is 16.6 Å². The predicted molar refractivity (Wildman–Crippen MR) is 95.5 cm³/mol. The number of rotatable bonds is 3. The van der Waals surface area contributed by atoms with Crippen LogP contribution in [0.2, 0.25) is 0 Å². The molecule has 0 aromatic heterocycles. The number of phenolic OH excluding ortho intramolecular Hbond substituents is 1. The molecule has 2 heterocycles. The number of aliphatic imine (C=N–C) groups is 1. The maximum absolute atomic E-state index is 11.6. The van der Waals surface area contributed by atoms with Crippen molar-refractivity contribution in [3.05, 3.63) is 29.8 Å². The van der Waals surface area contributed by atoms with Crippen LogP contribution in [0.15, 0.2) is 29.3 Å². The molecule has 0 bridgehead atoms. The maximum Gasteiger partial charge on any atom is 0.324 e. The van der Waals surface area contributed by atoms with E-state index in [1.54, 1.807) is 42.6 Å². The standard InChI is InChI=1S/C16H20N2O3S2/c1-9-12(14-18(3)16(2,8-22-14)15(20)21)17-13(23-9)10-6-4-5-7-11(10)19/h4-7,9,12,14,19H,8H2,1-3H3,(H,20,21)/t9-,12-,14+,16-/m0/s1. The summed E-state index contributed by atoms with van der Waals surface area (Å²) in [5, 5.41) is 20.6. The Morgan fingerprint density at radius 1 is 1.43 bits per heavy atom. The van der Waals surface area contributed by atoms with Crippen LogP contribution in [0.1, 0.15) is 19.4 Å². The van der Waals surface area contributed by atoms with Gasteiger partial charge in [0.2, 0.25) is 0 Å². The lowest BCUT2D eigenvalue weighted by Gasteiger charge is -2.33. The summed E-state index contributed by atoms with van der Waals surface area (Å²) in [6, 6.07) is 7.20. The fourth-order valence-corrected chi connectivity index (χ4v) is 5.94. The van der Waals surface area contributed by atoms with E-state index in [1.807, 2.05) is 24.1 Å². The second kappa shape index (κ2) is 6.03. The number of carboxylic acids is 1. The molecule has 23 heavy (non-hydrogen) atoms. The van der Waals surface area contributed by atoms with E-state index in [4.69, 9.17) is 4.99 Å². The second-order valence-electron chi connectivity index (χ2n) is 6.16. The van der Waals surface area contributed by atoms with Gasteiger partial charge in [-0.15, -0.1) is 23.5 Å². The van der Waals surface area contributed by atoms with Crippen LogP contribution in [0.3, 0.4) is 0 Å². The highest BCUT2D eigenvalue weighted by Gasteiger charge is 2.51. The summed E-state index contributed by atoms with van der Waals surface area (Å²) in [7, 11) is 1.86. The van der Waals surface area contributed by atoms with E-state index in [-0.39, 0.29) is 22.4 Å². The summed E-state index contributed by atoms with van der Waals surface area (Å²) >= 11 is 3.29. The summed E-state index contributed by atoms with van der Waals surface area (Å²) in [5.41, 5.74) is -0.106. The fourth-order valence-electron chi connectivity index (χ4n) is 2.88. The van der Waals surface area contributed by atoms with E-state index in [2.05, 4.69) is 6.92 Å². The van der Waals surface area contributed by atoms with Crippen molar-refractivity contribution in [1.29, 1.82) is 0 Å². The highest BCUT2D eigenvalue weighted by Crippen LogP contribution is 2.44. The molecule has 1 fully saturated rings. The van der Waals surface area contributed by atoms with Crippen molar-refractivity contribution in [1.82, 2.24) is 4.90 Å². The lowest BCUT2D eigenvalue weighted by Crippen LogP contribution is -2.52. The summed E-state index contributed by atoms with van der Waals surface area (Å²) in [6.07, 6.45) is 0. The first-order valence-electron chi connectivity index (χ1n) is 7.45. The molecule has 2 aliphatic rings. The minimum absolute atomic E-state index is 0.00535. The van der Waals surface area contributed by atoms with Crippen LogP contribution in [0.25, 0.3) is 0 Å². The third-order valence-electron chi connectivity index (χ3n) is 4.63. The Labute approximate surface area is 144 Å². The Bertz CT molecular complexity index is 666. The van der Waals surface area contributed by atoms with E-state index in [0.29, 0.717) is 5.75 Å². The molecule has 7 heteroatoms. The molecule has 5 nitrogen and oxygen atoms in total. The largest absolute Gasteiger partial charge is 0.507 e. The van der Waals surface area contributed by atoms with Crippen LogP contribution < -0.4 is 0 Å². The van der Waals surface area contributed by atoms with E-state index in [1.165, 1.54) is 0 Å². The van der Waals surface area contributed by atoms with Crippen molar-refractivity contribution in [2.45, 2.75) is 36.1 Å².